The van der Waals surface area contributed by atoms with Gasteiger partial charge in [0.15, 0.2) is 0 Å². The van der Waals surface area contributed by atoms with Crippen molar-refractivity contribution in [3.63, 3.8) is 0 Å². The summed E-state index contributed by atoms with van der Waals surface area (Å²) in [5.74, 6) is 1.25. The molecule has 2 amide bonds. The van der Waals surface area contributed by atoms with Crippen molar-refractivity contribution in [1.82, 2.24) is 14.8 Å². The minimum Gasteiger partial charge on any atom is -0.370 e. The molecule has 6 heteroatoms. The van der Waals surface area contributed by atoms with Crippen LogP contribution in [0.25, 0.3) is 0 Å². The molecule has 0 unspecified atom stereocenters. The third-order valence-electron chi connectivity index (χ3n) is 3.50. The Morgan fingerprint density at radius 2 is 2.00 bits per heavy atom. The van der Waals surface area contributed by atoms with Gasteiger partial charge in [-0.25, -0.2) is 4.98 Å². The first kappa shape index (κ1) is 15.3. The summed E-state index contributed by atoms with van der Waals surface area (Å²) in [5, 5.41) is 3.25. The summed E-state index contributed by atoms with van der Waals surface area (Å²) in [6, 6.07) is 3.54. The van der Waals surface area contributed by atoms with Crippen molar-refractivity contribution in [1.29, 1.82) is 0 Å². The van der Waals surface area contributed by atoms with Gasteiger partial charge >= 0.3 is 0 Å². The number of anilines is 1. The number of pyridine rings is 1. The maximum Gasteiger partial charge on any atom is 0.255 e. The molecule has 0 bridgehead atoms. The van der Waals surface area contributed by atoms with Crippen molar-refractivity contribution < 1.29 is 9.59 Å². The van der Waals surface area contributed by atoms with Gasteiger partial charge in [-0.15, -0.1) is 0 Å². The van der Waals surface area contributed by atoms with Crippen LogP contribution < -0.4 is 5.32 Å². The number of carbonyl (C=O) groups is 2. The topological polar surface area (TPSA) is 65.5 Å². The van der Waals surface area contributed by atoms with E-state index in [2.05, 4.69) is 10.3 Å². The highest BCUT2D eigenvalue weighted by atomic mass is 16.2. The molecule has 1 aromatic heterocycles. The number of amides is 2. The van der Waals surface area contributed by atoms with E-state index < -0.39 is 0 Å². The molecule has 21 heavy (non-hydrogen) atoms. The maximum absolute atomic E-state index is 12.2. The van der Waals surface area contributed by atoms with Gasteiger partial charge < -0.3 is 15.1 Å². The fourth-order valence-electron chi connectivity index (χ4n) is 1.83. The van der Waals surface area contributed by atoms with Crippen LogP contribution in [0, 0.1) is 5.92 Å². The number of carbonyl (C=O) groups excluding carboxylic acids is 2. The summed E-state index contributed by atoms with van der Waals surface area (Å²) < 4.78 is 0. The Hall–Kier alpha value is -2.11. The third kappa shape index (κ3) is 4.44. The SMILES string of the molecule is CN(C)C(=O)CN(C)C(=O)c1ccc(NCC2CC2)nc1. The molecule has 1 N–H and O–H groups in total. The van der Waals surface area contributed by atoms with Crippen LogP contribution in [-0.2, 0) is 4.79 Å². The van der Waals surface area contributed by atoms with E-state index in [4.69, 9.17) is 0 Å². The van der Waals surface area contributed by atoms with E-state index in [1.54, 1.807) is 39.5 Å². The normalized spacial score (nSPS) is 13.7. The molecule has 1 aliphatic carbocycles. The molecular formula is C15H22N4O2. The average molecular weight is 290 g/mol. The van der Waals surface area contributed by atoms with E-state index in [0.29, 0.717) is 5.56 Å². The lowest BCUT2D eigenvalue weighted by molar-refractivity contribution is -0.129. The summed E-state index contributed by atoms with van der Waals surface area (Å²) in [4.78, 5) is 30.9. The summed E-state index contributed by atoms with van der Waals surface area (Å²) in [6.07, 6.45) is 4.12. The predicted molar refractivity (Wildman–Crippen MR) is 81.1 cm³/mol. The van der Waals surface area contributed by atoms with E-state index >= 15 is 0 Å². The van der Waals surface area contributed by atoms with Crippen molar-refractivity contribution in [2.45, 2.75) is 12.8 Å². The van der Waals surface area contributed by atoms with Gasteiger partial charge in [-0.05, 0) is 30.9 Å². The Balaban J connectivity index is 1.90. The first-order valence-electron chi connectivity index (χ1n) is 7.13. The average Bonchev–Trinajstić information content (AvgIpc) is 3.28. The molecule has 0 spiro atoms. The monoisotopic (exact) mass is 290 g/mol. The summed E-state index contributed by atoms with van der Waals surface area (Å²) in [6.45, 7) is 1.01. The number of nitrogens with zero attached hydrogens (tertiary/aromatic N) is 3. The van der Waals surface area contributed by atoms with Gasteiger partial charge in [-0.3, -0.25) is 9.59 Å². The zero-order valence-electron chi connectivity index (χ0n) is 12.8. The first-order valence-corrected chi connectivity index (χ1v) is 7.13. The second kappa shape index (κ2) is 6.56. The molecule has 1 fully saturated rings. The van der Waals surface area contributed by atoms with Crippen LogP contribution in [0.2, 0.25) is 0 Å². The molecular weight excluding hydrogens is 268 g/mol. The maximum atomic E-state index is 12.2. The standard InChI is InChI=1S/C15H22N4O2/c1-18(2)14(20)10-19(3)15(21)12-6-7-13(17-9-12)16-8-11-4-5-11/h6-7,9,11H,4-5,8,10H2,1-3H3,(H,16,17). The number of nitrogens with one attached hydrogen (secondary N) is 1. The molecule has 1 heterocycles. The van der Waals surface area contributed by atoms with Crippen LogP contribution >= 0.6 is 0 Å². The molecule has 0 saturated heterocycles. The van der Waals surface area contributed by atoms with E-state index in [0.717, 1.165) is 18.3 Å². The molecule has 2 rings (SSSR count). The number of rotatable bonds is 6. The molecule has 0 aromatic carbocycles. The highest BCUT2D eigenvalue weighted by Gasteiger charge is 2.21. The van der Waals surface area contributed by atoms with Crippen molar-refractivity contribution in [2.24, 2.45) is 5.92 Å². The van der Waals surface area contributed by atoms with E-state index in [1.165, 1.54) is 22.6 Å². The summed E-state index contributed by atoms with van der Waals surface area (Å²) in [7, 11) is 4.95. The lowest BCUT2D eigenvalue weighted by Gasteiger charge is -2.19. The van der Waals surface area contributed by atoms with Crippen LogP contribution in [0.3, 0.4) is 0 Å². The van der Waals surface area contributed by atoms with Gasteiger partial charge in [0, 0.05) is 33.9 Å². The summed E-state index contributed by atoms with van der Waals surface area (Å²) in [5.41, 5.74) is 0.487. The van der Waals surface area contributed by atoms with Crippen LogP contribution in [-0.4, -0.2) is 60.8 Å². The Bertz CT molecular complexity index is 509. The number of likely N-dealkylation sites (N-methyl/N-ethyl adjacent to an activating group) is 2. The molecule has 0 atom stereocenters. The van der Waals surface area contributed by atoms with Crippen molar-refractivity contribution in [3.8, 4) is 0 Å². The molecule has 1 aliphatic rings. The van der Waals surface area contributed by atoms with Crippen LogP contribution in [0.15, 0.2) is 18.3 Å². The largest absolute Gasteiger partial charge is 0.370 e. The molecule has 6 nitrogen and oxygen atoms in total. The lowest BCUT2D eigenvalue weighted by atomic mass is 10.2. The Morgan fingerprint density at radius 1 is 1.29 bits per heavy atom. The van der Waals surface area contributed by atoms with Gasteiger partial charge in [-0.1, -0.05) is 0 Å². The second-order valence-corrected chi connectivity index (χ2v) is 5.71. The minimum atomic E-state index is -0.202. The quantitative estimate of drug-likeness (QED) is 0.851. The molecule has 0 aliphatic heterocycles. The highest BCUT2D eigenvalue weighted by molar-refractivity contribution is 5.96. The molecule has 1 saturated carbocycles. The lowest BCUT2D eigenvalue weighted by Crippen LogP contribution is -2.37. The zero-order chi connectivity index (χ0) is 15.4. The first-order chi connectivity index (χ1) is 9.97. The van der Waals surface area contributed by atoms with E-state index in [9.17, 15) is 9.59 Å². The number of aromatic nitrogens is 1. The van der Waals surface area contributed by atoms with Crippen LogP contribution in [0.1, 0.15) is 23.2 Å². The van der Waals surface area contributed by atoms with Crippen molar-refractivity contribution in [2.75, 3.05) is 39.5 Å². The van der Waals surface area contributed by atoms with Gasteiger partial charge in [0.2, 0.25) is 5.91 Å². The minimum absolute atomic E-state index is 0.0630. The van der Waals surface area contributed by atoms with Crippen LogP contribution in [0.4, 0.5) is 5.82 Å². The fraction of sp³-hybridized carbons (Fsp3) is 0.533. The Morgan fingerprint density at radius 3 is 2.52 bits per heavy atom. The fourth-order valence-corrected chi connectivity index (χ4v) is 1.83. The predicted octanol–water partition coefficient (Wildman–Crippen LogP) is 1.06. The summed E-state index contributed by atoms with van der Waals surface area (Å²) >= 11 is 0. The Labute approximate surface area is 125 Å². The van der Waals surface area contributed by atoms with Gasteiger partial charge in [0.25, 0.3) is 5.91 Å². The van der Waals surface area contributed by atoms with Crippen LogP contribution in [0.5, 0.6) is 0 Å². The van der Waals surface area contributed by atoms with E-state index in [1.807, 2.05) is 0 Å². The van der Waals surface area contributed by atoms with Gasteiger partial charge in [0.05, 0.1) is 12.1 Å². The third-order valence-corrected chi connectivity index (χ3v) is 3.50. The molecule has 114 valence electrons. The smallest absolute Gasteiger partial charge is 0.255 e. The zero-order valence-corrected chi connectivity index (χ0v) is 12.8. The Kier molecular flexibility index (Phi) is 4.77. The van der Waals surface area contributed by atoms with Crippen molar-refractivity contribution >= 4 is 17.6 Å². The highest BCUT2D eigenvalue weighted by Crippen LogP contribution is 2.28. The van der Waals surface area contributed by atoms with Gasteiger partial charge in [0.1, 0.15) is 5.82 Å². The van der Waals surface area contributed by atoms with Crippen molar-refractivity contribution in [3.05, 3.63) is 23.9 Å². The van der Waals surface area contributed by atoms with E-state index in [-0.39, 0.29) is 18.4 Å². The second-order valence-electron chi connectivity index (χ2n) is 5.71. The molecule has 0 radical (unpaired) electrons. The molecule has 1 aromatic rings. The number of hydrogen-bond acceptors (Lipinski definition) is 4. The van der Waals surface area contributed by atoms with Gasteiger partial charge in [-0.2, -0.15) is 0 Å². The number of hydrogen-bond donors (Lipinski definition) is 1.